The van der Waals surface area contributed by atoms with Gasteiger partial charge in [-0.1, -0.05) is 0 Å². The number of halogens is 2. The molecule has 0 amide bonds. The van der Waals surface area contributed by atoms with Gasteiger partial charge in [0, 0.05) is 0 Å². The smallest absolute Gasteiger partial charge is 0.485 e. The van der Waals surface area contributed by atoms with Crippen molar-refractivity contribution in [3.05, 3.63) is 12.5 Å². The fourth-order valence-electron chi connectivity index (χ4n) is 0.0822. The highest BCUT2D eigenvalue weighted by molar-refractivity contribution is 4.59. The van der Waals surface area contributed by atoms with Gasteiger partial charge >= 0.3 is 37.0 Å². The third-order valence-electron chi connectivity index (χ3n) is 0.235. The van der Waals surface area contributed by atoms with Gasteiger partial charge in [-0.2, -0.15) is 7.66 Å². The molecule has 4 nitrogen and oxygen atoms in total. The van der Waals surface area contributed by atoms with E-state index < -0.39 is 31.1 Å². The minimum atomic E-state index is -0.986. The Kier molecular flexibility index (Phi) is 5.51. The minimum absolute atomic E-state index is 0.185. The second-order valence-corrected chi connectivity index (χ2v) is 1.83. The first-order valence-electron chi connectivity index (χ1n) is 1.38. The lowest BCUT2D eigenvalue weighted by atomic mass is 11.1. The Morgan fingerprint density at radius 2 is 1.62 bits per heavy atom. The van der Waals surface area contributed by atoms with E-state index in [-0.39, 0.29) is 5.95 Å². The van der Waals surface area contributed by atoms with Gasteiger partial charge < -0.3 is 8.40 Å². The van der Waals surface area contributed by atoms with E-state index in [0.717, 1.165) is 0 Å². The Morgan fingerprint density at radius 1 is 1.25 bits per heavy atom. The molecule has 0 aromatic rings. The summed E-state index contributed by atoms with van der Waals surface area (Å²) in [4.78, 5) is 0. The minimum Gasteiger partial charge on any atom is -0.541 e. The molecule has 0 aromatic carbocycles. The lowest BCUT2D eigenvalue weighted by Gasteiger charge is -1.85. The summed E-state index contributed by atoms with van der Waals surface area (Å²) in [5.74, 6) is -0.185. The Morgan fingerprint density at radius 3 is 1.88 bits per heavy atom. The first-order valence-corrected chi connectivity index (χ1v) is 3.97. The molecule has 0 saturated heterocycles. The zero-order chi connectivity index (χ0) is 6.41. The van der Waals surface area contributed by atoms with Gasteiger partial charge in [-0.05, 0) is 6.58 Å². The third kappa shape index (κ3) is 4.38. The molecule has 0 aliphatic rings. The van der Waals surface area contributed by atoms with Gasteiger partial charge in [0.2, 0.25) is 0 Å². The molecule has 48 valence electrons. The summed E-state index contributed by atoms with van der Waals surface area (Å²) in [6.07, 6.45) is 0. The molecule has 0 aromatic heterocycles. The van der Waals surface area contributed by atoms with Crippen LogP contribution < -0.4 is 8.40 Å². The monoisotopic (exact) mass is 248 g/mol. The van der Waals surface area contributed by atoms with Crippen molar-refractivity contribution in [1.82, 2.24) is 0 Å². The fourth-order valence-corrected chi connectivity index (χ4v) is 0.687. The SMILES string of the molecule is C=C(O[Br+][O-])O[Br+][O-]. The second kappa shape index (κ2) is 5.36. The molecule has 0 unspecified atom stereocenters. The standard InChI is InChI=1S/C2H2Br2O4/c1-2(7-3-5)8-4-6/h1H2. The highest BCUT2D eigenvalue weighted by Gasteiger charge is 2.06. The molecule has 0 fully saturated rings. The summed E-state index contributed by atoms with van der Waals surface area (Å²) in [5.41, 5.74) is 0. The van der Waals surface area contributed by atoms with Crippen molar-refractivity contribution >= 4 is 0 Å². The van der Waals surface area contributed by atoms with Crippen molar-refractivity contribution in [2.75, 3.05) is 0 Å². The van der Waals surface area contributed by atoms with Crippen molar-refractivity contribution in [3.63, 3.8) is 0 Å². The van der Waals surface area contributed by atoms with E-state index in [9.17, 15) is 8.40 Å². The Balaban J connectivity index is 3.06. The normalized spacial score (nSPS) is 8.25. The van der Waals surface area contributed by atoms with Gasteiger partial charge in [0.15, 0.2) is 0 Å². The first-order chi connectivity index (χ1) is 3.81. The topological polar surface area (TPSA) is 64.6 Å². The van der Waals surface area contributed by atoms with E-state index >= 15 is 0 Å². The quantitative estimate of drug-likeness (QED) is 0.543. The van der Waals surface area contributed by atoms with Crippen LogP contribution in [0.3, 0.4) is 0 Å². The number of rotatable bonds is 4. The highest BCUT2D eigenvalue weighted by Crippen LogP contribution is 1.92. The highest BCUT2D eigenvalue weighted by atomic mass is 79.9. The van der Waals surface area contributed by atoms with Gasteiger partial charge in [-0.25, -0.2) is 0 Å². The molecule has 0 spiro atoms. The number of hydrogen-bond donors (Lipinski definition) is 0. The van der Waals surface area contributed by atoms with E-state index in [2.05, 4.69) is 14.2 Å². The predicted molar refractivity (Wildman–Crippen MR) is 11.3 cm³/mol. The van der Waals surface area contributed by atoms with Gasteiger partial charge in [-0.15, -0.1) is 0 Å². The second-order valence-electron chi connectivity index (χ2n) is 0.652. The van der Waals surface area contributed by atoms with Crippen LogP contribution in [0.5, 0.6) is 0 Å². The van der Waals surface area contributed by atoms with Crippen LogP contribution in [0.4, 0.5) is 0 Å². The summed E-state index contributed by atoms with van der Waals surface area (Å²) in [7, 11) is 0. The Hall–Kier alpha value is 0.220. The molecule has 0 aliphatic heterocycles. The average Bonchev–Trinajstić information content (AvgIpc) is 1.68. The molecule has 0 saturated carbocycles. The van der Waals surface area contributed by atoms with E-state index in [1.807, 2.05) is 0 Å². The van der Waals surface area contributed by atoms with E-state index in [0.29, 0.717) is 0 Å². The maximum absolute atomic E-state index is 9.58. The maximum Gasteiger partial charge on any atom is 0.485 e. The van der Waals surface area contributed by atoms with Crippen molar-refractivity contribution in [2.45, 2.75) is 0 Å². The van der Waals surface area contributed by atoms with E-state index in [4.69, 9.17) is 0 Å². The van der Waals surface area contributed by atoms with Gasteiger partial charge in [-0.3, -0.25) is 0 Å². The lowest BCUT2D eigenvalue weighted by Crippen LogP contribution is -2.09. The molecule has 6 heteroatoms. The molecular weight excluding hydrogens is 248 g/mol. The molecule has 0 aliphatic carbocycles. The summed E-state index contributed by atoms with van der Waals surface area (Å²) in [6.45, 7) is 3.11. The van der Waals surface area contributed by atoms with Crippen LogP contribution in [0.25, 0.3) is 0 Å². The first kappa shape index (κ1) is 8.22. The zero-order valence-corrected chi connectivity index (χ0v) is 6.77. The van der Waals surface area contributed by atoms with Crippen molar-refractivity contribution < 1.29 is 47.1 Å². The predicted octanol–water partition coefficient (Wildman–Crippen LogP) is -1.96. The molecule has 0 N–H and O–H groups in total. The van der Waals surface area contributed by atoms with Crippen molar-refractivity contribution in [1.29, 1.82) is 0 Å². The fraction of sp³-hybridized carbons (Fsp3) is 0. The molecular formula is C2H2Br2O4. The Labute approximate surface area is 60.0 Å². The van der Waals surface area contributed by atoms with Crippen molar-refractivity contribution in [3.8, 4) is 0 Å². The summed E-state index contributed by atoms with van der Waals surface area (Å²) in [5, 5.41) is 0. The van der Waals surface area contributed by atoms with Crippen LogP contribution in [0.15, 0.2) is 12.5 Å². The van der Waals surface area contributed by atoms with E-state index in [1.165, 1.54) is 0 Å². The zero-order valence-electron chi connectivity index (χ0n) is 3.60. The molecule has 0 radical (unpaired) electrons. The molecule has 8 heavy (non-hydrogen) atoms. The molecule has 0 heterocycles. The Bertz CT molecular complexity index is 66.4. The van der Waals surface area contributed by atoms with Gasteiger partial charge in [0.25, 0.3) is 0 Å². The molecule has 0 atom stereocenters. The summed E-state index contributed by atoms with van der Waals surface area (Å²) < 4.78 is 27.5. The number of hydrogen-bond acceptors (Lipinski definition) is 4. The van der Waals surface area contributed by atoms with Gasteiger partial charge in [0.05, 0.1) is 0 Å². The third-order valence-corrected chi connectivity index (χ3v) is 1.22. The van der Waals surface area contributed by atoms with Crippen LogP contribution >= 0.6 is 0 Å². The van der Waals surface area contributed by atoms with Gasteiger partial charge in [0.1, 0.15) is 0 Å². The molecule has 0 bridgehead atoms. The largest absolute Gasteiger partial charge is 0.541 e. The van der Waals surface area contributed by atoms with Crippen LogP contribution in [0, 0.1) is 31.1 Å². The maximum atomic E-state index is 9.58. The van der Waals surface area contributed by atoms with Crippen LogP contribution in [-0.2, 0) is 7.66 Å². The average molecular weight is 250 g/mol. The van der Waals surface area contributed by atoms with E-state index in [1.54, 1.807) is 0 Å². The molecule has 0 rings (SSSR count). The summed E-state index contributed by atoms with van der Waals surface area (Å²) in [6, 6.07) is 0. The lowest BCUT2D eigenvalue weighted by molar-refractivity contribution is -1.29. The van der Waals surface area contributed by atoms with Crippen LogP contribution in [0.1, 0.15) is 0 Å². The van der Waals surface area contributed by atoms with Crippen LogP contribution in [-0.4, -0.2) is 0 Å². The van der Waals surface area contributed by atoms with Crippen LogP contribution in [0.2, 0.25) is 0 Å². The van der Waals surface area contributed by atoms with Crippen molar-refractivity contribution in [2.24, 2.45) is 0 Å². The summed E-state index contributed by atoms with van der Waals surface area (Å²) >= 11 is -1.97.